The Morgan fingerprint density at radius 1 is 1.36 bits per heavy atom. The van der Waals surface area contributed by atoms with Gasteiger partial charge in [0.15, 0.2) is 0 Å². The molecule has 0 bridgehead atoms. The lowest BCUT2D eigenvalue weighted by atomic mass is 9.98. The summed E-state index contributed by atoms with van der Waals surface area (Å²) in [6.07, 6.45) is 4.76. The van der Waals surface area contributed by atoms with Gasteiger partial charge in [-0.3, -0.25) is 0 Å². The predicted molar refractivity (Wildman–Crippen MR) is 60.7 cm³/mol. The van der Waals surface area contributed by atoms with E-state index in [1.807, 2.05) is 11.8 Å². The maximum Gasteiger partial charge on any atom is 0.0196 e. The molecule has 2 aliphatic rings. The highest BCUT2D eigenvalue weighted by Crippen LogP contribution is 2.39. The van der Waals surface area contributed by atoms with Crippen molar-refractivity contribution in [3.8, 4) is 0 Å². The molecule has 74 valence electrons. The first kappa shape index (κ1) is 8.81. The summed E-state index contributed by atoms with van der Waals surface area (Å²) < 4.78 is 0. The van der Waals surface area contributed by atoms with E-state index in [1.54, 1.807) is 5.56 Å². The van der Waals surface area contributed by atoms with Crippen LogP contribution in [-0.2, 0) is 12.8 Å². The summed E-state index contributed by atoms with van der Waals surface area (Å²) in [5, 5.41) is 0. The molecule has 1 aliphatic carbocycles. The van der Waals surface area contributed by atoms with Gasteiger partial charge in [-0.2, -0.15) is 0 Å². The van der Waals surface area contributed by atoms with Crippen LogP contribution in [0, 0.1) is 0 Å². The molecule has 2 N–H and O–H groups in total. The van der Waals surface area contributed by atoms with Crippen LogP contribution in [0.2, 0.25) is 0 Å². The Labute approximate surface area is 89.1 Å². The van der Waals surface area contributed by atoms with Crippen molar-refractivity contribution in [2.75, 3.05) is 5.75 Å². The molecule has 14 heavy (non-hydrogen) atoms. The average molecular weight is 205 g/mol. The third-order valence-electron chi connectivity index (χ3n) is 3.27. The van der Waals surface area contributed by atoms with Gasteiger partial charge in [-0.15, -0.1) is 11.8 Å². The summed E-state index contributed by atoms with van der Waals surface area (Å²) in [5.41, 5.74) is 9.41. The molecule has 0 amide bonds. The van der Waals surface area contributed by atoms with Crippen molar-refractivity contribution >= 4 is 11.8 Å². The van der Waals surface area contributed by atoms with Crippen LogP contribution in [0.4, 0.5) is 0 Å². The molecular formula is C12H15NS. The molecule has 1 aromatic carbocycles. The van der Waals surface area contributed by atoms with Gasteiger partial charge in [0, 0.05) is 16.2 Å². The Balaban J connectivity index is 1.94. The fourth-order valence-electron chi connectivity index (χ4n) is 2.18. The van der Waals surface area contributed by atoms with E-state index in [9.17, 15) is 0 Å². The second-order valence-corrected chi connectivity index (χ2v) is 5.67. The van der Waals surface area contributed by atoms with E-state index >= 15 is 0 Å². The van der Waals surface area contributed by atoms with Crippen molar-refractivity contribution in [2.24, 2.45) is 5.73 Å². The maximum absolute atomic E-state index is 6.17. The lowest BCUT2D eigenvalue weighted by molar-refractivity contribution is 0.666. The number of fused-ring (bicyclic) bond motifs is 1. The molecule has 3 rings (SSSR count). The molecule has 0 atom stereocenters. The second-order valence-electron chi connectivity index (χ2n) is 4.53. The van der Waals surface area contributed by atoms with Crippen molar-refractivity contribution in [3.05, 3.63) is 29.3 Å². The topological polar surface area (TPSA) is 26.0 Å². The quantitative estimate of drug-likeness (QED) is 0.802. The molecule has 0 radical (unpaired) electrons. The van der Waals surface area contributed by atoms with E-state index in [-0.39, 0.29) is 5.54 Å². The first-order chi connectivity index (χ1) is 6.77. The summed E-state index contributed by atoms with van der Waals surface area (Å²) >= 11 is 1.99. The van der Waals surface area contributed by atoms with Crippen molar-refractivity contribution in [1.29, 1.82) is 0 Å². The molecular weight excluding hydrogens is 190 g/mol. The highest BCUT2D eigenvalue weighted by atomic mass is 32.2. The number of hydrogen-bond donors (Lipinski definition) is 1. The summed E-state index contributed by atoms with van der Waals surface area (Å²) in [7, 11) is 0. The molecule has 0 spiro atoms. The zero-order chi connectivity index (χ0) is 9.60. The Hall–Kier alpha value is -0.470. The Bertz CT molecular complexity index is 369. The van der Waals surface area contributed by atoms with Gasteiger partial charge in [0.25, 0.3) is 0 Å². The first-order valence-electron chi connectivity index (χ1n) is 5.29. The van der Waals surface area contributed by atoms with Crippen LogP contribution < -0.4 is 5.73 Å². The minimum Gasteiger partial charge on any atom is -0.325 e. The third-order valence-corrected chi connectivity index (χ3v) is 4.38. The first-order valence-corrected chi connectivity index (χ1v) is 6.28. The SMILES string of the molecule is NC1(Cc2cccc3c2CCS3)CC1. The molecule has 1 fully saturated rings. The molecule has 1 aromatic rings. The summed E-state index contributed by atoms with van der Waals surface area (Å²) in [6, 6.07) is 6.68. The van der Waals surface area contributed by atoms with Crippen LogP contribution in [0.15, 0.2) is 23.1 Å². The van der Waals surface area contributed by atoms with E-state index < -0.39 is 0 Å². The van der Waals surface area contributed by atoms with Gasteiger partial charge >= 0.3 is 0 Å². The molecule has 1 heterocycles. The largest absolute Gasteiger partial charge is 0.325 e. The molecule has 0 aromatic heterocycles. The number of benzene rings is 1. The van der Waals surface area contributed by atoms with Crippen LogP contribution in [-0.4, -0.2) is 11.3 Å². The van der Waals surface area contributed by atoms with Crippen LogP contribution in [0.5, 0.6) is 0 Å². The predicted octanol–water partition coefficient (Wildman–Crippen LogP) is 2.37. The fraction of sp³-hybridized carbons (Fsp3) is 0.500. The minimum atomic E-state index is 0.155. The van der Waals surface area contributed by atoms with Gasteiger partial charge in [-0.25, -0.2) is 0 Å². The van der Waals surface area contributed by atoms with Crippen molar-refractivity contribution in [3.63, 3.8) is 0 Å². The monoisotopic (exact) mass is 205 g/mol. The average Bonchev–Trinajstić information content (AvgIpc) is 2.73. The zero-order valence-corrected chi connectivity index (χ0v) is 9.07. The van der Waals surface area contributed by atoms with Crippen molar-refractivity contribution in [1.82, 2.24) is 0 Å². The van der Waals surface area contributed by atoms with E-state index in [4.69, 9.17) is 5.73 Å². The Morgan fingerprint density at radius 2 is 2.21 bits per heavy atom. The highest BCUT2D eigenvalue weighted by Gasteiger charge is 2.38. The molecule has 1 aliphatic heterocycles. The van der Waals surface area contributed by atoms with E-state index in [2.05, 4.69) is 18.2 Å². The smallest absolute Gasteiger partial charge is 0.0196 e. The van der Waals surface area contributed by atoms with Gasteiger partial charge in [-0.05, 0) is 42.9 Å². The van der Waals surface area contributed by atoms with Crippen LogP contribution in [0.1, 0.15) is 24.0 Å². The molecule has 1 saturated carbocycles. The van der Waals surface area contributed by atoms with Gasteiger partial charge in [0.2, 0.25) is 0 Å². The Kier molecular flexibility index (Phi) is 1.89. The molecule has 2 heteroatoms. The summed E-state index contributed by atoms with van der Waals surface area (Å²) in [6.45, 7) is 0. The Morgan fingerprint density at radius 3 is 3.00 bits per heavy atom. The van der Waals surface area contributed by atoms with Crippen molar-refractivity contribution in [2.45, 2.75) is 36.1 Å². The molecule has 0 saturated heterocycles. The minimum absolute atomic E-state index is 0.155. The molecule has 1 nitrogen and oxygen atoms in total. The summed E-state index contributed by atoms with van der Waals surface area (Å²) in [5.74, 6) is 1.25. The summed E-state index contributed by atoms with van der Waals surface area (Å²) in [4.78, 5) is 1.49. The maximum atomic E-state index is 6.17. The van der Waals surface area contributed by atoms with Gasteiger partial charge in [0.05, 0.1) is 0 Å². The third kappa shape index (κ3) is 1.47. The highest BCUT2D eigenvalue weighted by molar-refractivity contribution is 7.99. The van der Waals surface area contributed by atoms with Crippen LogP contribution in [0.3, 0.4) is 0 Å². The van der Waals surface area contributed by atoms with E-state index in [0.717, 1.165) is 6.42 Å². The number of hydrogen-bond acceptors (Lipinski definition) is 2. The van der Waals surface area contributed by atoms with Gasteiger partial charge in [0.1, 0.15) is 0 Å². The van der Waals surface area contributed by atoms with Crippen molar-refractivity contribution < 1.29 is 0 Å². The van der Waals surface area contributed by atoms with Gasteiger partial charge in [-0.1, -0.05) is 12.1 Å². The normalized spacial score (nSPS) is 22.1. The lowest BCUT2D eigenvalue weighted by Crippen LogP contribution is -2.25. The fourth-order valence-corrected chi connectivity index (χ4v) is 3.28. The number of nitrogens with two attached hydrogens (primary N) is 1. The number of thioether (sulfide) groups is 1. The standard InChI is InChI=1S/C12H15NS/c13-12(5-6-12)8-9-2-1-3-11-10(9)4-7-14-11/h1-3H,4-8,13H2. The number of rotatable bonds is 2. The van der Waals surface area contributed by atoms with Gasteiger partial charge < -0.3 is 5.73 Å². The zero-order valence-electron chi connectivity index (χ0n) is 8.25. The van der Waals surface area contributed by atoms with E-state index in [0.29, 0.717) is 0 Å². The van der Waals surface area contributed by atoms with Crippen LogP contribution >= 0.6 is 11.8 Å². The van der Waals surface area contributed by atoms with E-state index in [1.165, 1.54) is 35.5 Å². The lowest BCUT2D eigenvalue weighted by Gasteiger charge is -2.12. The second kappa shape index (κ2) is 3.01. The molecule has 0 unspecified atom stereocenters. The van der Waals surface area contributed by atoms with Crippen LogP contribution in [0.25, 0.3) is 0 Å².